The number of likely N-dealkylation sites (N-methyl/N-ethyl adjacent to an activating group) is 1. The molecule has 0 bridgehead atoms. The predicted octanol–water partition coefficient (Wildman–Crippen LogP) is -1.12. The first-order valence-electron chi connectivity index (χ1n) is 15.9. The molecule has 2 rings (SSSR count). The van der Waals surface area contributed by atoms with Gasteiger partial charge in [-0.15, -0.1) is 0 Å². The summed E-state index contributed by atoms with van der Waals surface area (Å²) < 4.78 is 32.7. The quantitative estimate of drug-likeness (QED) is 0.0681. The average Bonchev–Trinajstić information content (AvgIpc) is 3.03. The highest BCUT2D eigenvalue weighted by Gasteiger charge is 2.40. The maximum absolute atomic E-state index is 11.8. The second-order valence-electron chi connectivity index (χ2n) is 10.8. The summed E-state index contributed by atoms with van der Waals surface area (Å²) >= 11 is 0. The van der Waals surface area contributed by atoms with Crippen LogP contribution in [0.3, 0.4) is 0 Å². The van der Waals surface area contributed by atoms with Gasteiger partial charge in [0.15, 0.2) is 12.6 Å². The number of nitrogens with zero attached hydrogens (tertiary/aromatic N) is 1. The zero-order chi connectivity index (χ0) is 34.0. The van der Waals surface area contributed by atoms with Gasteiger partial charge in [-0.3, -0.25) is 9.69 Å². The van der Waals surface area contributed by atoms with E-state index in [0.717, 1.165) is 39.2 Å². The van der Waals surface area contributed by atoms with Crippen LogP contribution in [-0.2, 0) is 38.0 Å². The van der Waals surface area contributed by atoms with Gasteiger partial charge in [0.05, 0.1) is 77.1 Å². The molecular formula is C30H61N3O12. The van der Waals surface area contributed by atoms with Crippen LogP contribution in [0.5, 0.6) is 0 Å². The van der Waals surface area contributed by atoms with E-state index in [1.807, 2.05) is 34.7 Å². The van der Waals surface area contributed by atoms with Gasteiger partial charge in [-0.2, -0.15) is 0 Å². The number of aliphatic hydroxyl groups excluding tert-OH is 4. The molecule has 15 nitrogen and oxygen atoms in total. The van der Waals surface area contributed by atoms with Crippen molar-refractivity contribution in [2.75, 3.05) is 86.5 Å². The molecule has 1 amide bonds. The molecule has 0 saturated carbocycles. The van der Waals surface area contributed by atoms with Gasteiger partial charge in [-0.1, -0.05) is 13.8 Å². The fourth-order valence-electron chi connectivity index (χ4n) is 4.38. The zero-order valence-electron chi connectivity index (χ0n) is 28.1. The summed E-state index contributed by atoms with van der Waals surface area (Å²) in [5, 5.41) is 42.1. The van der Waals surface area contributed by atoms with Crippen LogP contribution in [0.1, 0.15) is 47.0 Å². The molecule has 2 aliphatic heterocycles. The van der Waals surface area contributed by atoms with Crippen molar-refractivity contribution in [1.82, 2.24) is 15.5 Å². The summed E-state index contributed by atoms with van der Waals surface area (Å²) in [5.74, 6) is -0.319. The Balaban J connectivity index is 0.000000913. The van der Waals surface area contributed by atoms with Gasteiger partial charge >= 0.3 is 0 Å². The van der Waals surface area contributed by atoms with Gasteiger partial charge in [0.25, 0.3) is 0 Å². The second kappa shape index (κ2) is 27.7. The van der Waals surface area contributed by atoms with E-state index in [1.54, 1.807) is 4.90 Å². The van der Waals surface area contributed by atoms with Crippen LogP contribution in [0.25, 0.3) is 0 Å². The molecule has 0 aromatic rings. The predicted molar refractivity (Wildman–Crippen MR) is 167 cm³/mol. The van der Waals surface area contributed by atoms with Gasteiger partial charge < -0.3 is 64.3 Å². The molecule has 0 radical (unpaired) electrons. The number of aliphatic hydroxyl groups is 4. The third kappa shape index (κ3) is 19.8. The number of hydrogen-bond acceptors (Lipinski definition) is 14. The summed E-state index contributed by atoms with van der Waals surface area (Å²) in [7, 11) is 2.89. The van der Waals surface area contributed by atoms with E-state index in [-0.39, 0.29) is 62.7 Å². The minimum atomic E-state index is -1.09. The van der Waals surface area contributed by atoms with Gasteiger partial charge in [-0.05, 0) is 40.3 Å². The lowest BCUT2D eigenvalue weighted by Gasteiger charge is -2.39. The number of carbonyl (C=O) groups is 2. The summed E-state index contributed by atoms with van der Waals surface area (Å²) in [6, 6.07) is 0. The van der Waals surface area contributed by atoms with Crippen molar-refractivity contribution >= 4 is 12.2 Å². The van der Waals surface area contributed by atoms with Crippen LogP contribution < -0.4 is 10.6 Å². The number of rotatable bonds is 20. The van der Waals surface area contributed by atoms with Crippen molar-refractivity contribution in [3.05, 3.63) is 0 Å². The lowest BCUT2D eigenvalue weighted by Crippen LogP contribution is -2.53. The minimum Gasteiger partial charge on any atom is -0.400 e. The summed E-state index contributed by atoms with van der Waals surface area (Å²) in [6.45, 7) is 12.4. The Bertz CT molecular complexity index is 726. The van der Waals surface area contributed by atoms with Crippen LogP contribution in [0.2, 0.25) is 0 Å². The molecule has 2 saturated heterocycles. The van der Waals surface area contributed by atoms with Crippen molar-refractivity contribution < 1.29 is 58.4 Å². The standard InChI is InChI=1S/C18H34N2O7.C11H23NO4.CH4O/c1-4-6-20(7-8-21)12-15(22)19-5-9-25-10-11-26-18-17(24)16(23)13(2)14(3)27-18;1-9-10(13)3-4-11(16-9)15-8-7-14-6-5-12-2;1-2/h8,13-14,16-18,23-24H,4-7,9-12H2,1-3H3,(H,19,22);9-13H,3-8H2,1-2H3;2H,1H3/t13-,14?,16?,17?,18+;9-,10?,11?;/m00./s1. The van der Waals surface area contributed by atoms with E-state index in [2.05, 4.69) is 10.6 Å². The van der Waals surface area contributed by atoms with E-state index in [1.165, 1.54) is 0 Å². The lowest BCUT2D eigenvalue weighted by molar-refractivity contribution is -0.281. The Kier molecular flexibility index (Phi) is 26.9. The highest BCUT2D eigenvalue weighted by molar-refractivity contribution is 5.78. The Labute approximate surface area is 268 Å². The molecule has 0 aromatic carbocycles. The monoisotopic (exact) mass is 655 g/mol. The molecular weight excluding hydrogens is 594 g/mol. The van der Waals surface area contributed by atoms with Gasteiger partial charge in [0.2, 0.25) is 5.91 Å². The third-order valence-electron chi connectivity index (χ3n) is 7.21. The van der Waals surface area contributed by atoms with E-state index >= 15 is 0 Å². The minimum absolute atomic E-state index is 0.135. The third-order valence-corrected chi connectivity index (χ3v) is 7.21. The zero-order valence-corrected chi connectivity index (χ0v) is 28.1. The first kappa shape index (κ1) is 43.7. The van der Waals surface area contributed by atoms with Crippen molar-refractivity contribution in [1.29, 1.82) is 0 Å². The topological polar surface area (TPSA) is 198 Å². The van der Waals surface area contributed by atoms with Crippen LogP contribution in [0, 0.1) is 5.92 Å². The molecule has 45 heavy (non-hydrogen) atoms. The Morgan fingerprint density at radius 3 is 2.13 bits per heavy atom. The van der Waals surface area contributed by atoms with Crippen LogP contribution in [-0.4, -0.2) is 167 Å². The summed E-state index contributed by atoms with van der Waals surface area (Å²) in [4.78, 5) is 24.2. The smallest absolute Gasteiger partial charge is 0.234 e. The van der Waals surface area contributed by atoms with Crippen molar-refractivity contribution in [2.24, 2.45) is 5.92 Å². The molecule has 2 fully saturated rings. The number of aldehydes is 1. The fraction of sp³-hybridized carbons (Fsp3) is 0.933. The fourth-order valence-corrected chi connectivity index (χ4v) is 4.38. The molecule has 6 N–H and O–H groups in total. The highest BCUT2D eigenvalue weighted by atomic mass is 16.7. The van der Waals surface area contributed by atoms with E-state index in [9.17, 15) is 24.9 Å². The largest absolute Gasteiger partial charge is 0.400 e. The van der Waals surface area contributed by atoms with Crippen LogP contribution in [0.15, 0.2) is 0 Å². The number of amides is 1. The van der Waals surface area contributed by atoms with Crippen molar-refractivity contribution in [3.8, 4) is 0 Å². The molecule has 8 atom stereocenters. The molecule has 2 aliphatic rings. The van der Waals surface area contributed by atoms with Crippen molar-refractivity contribution in [3.63, 3.8) is 0 Å². The van der Waals surface area contributed by atoms with E-state index < -0.39 is 18.5 Å². The normalized spacial score (nSPS) is 28.0. The van der Waals surface area contributed by atoms with E-state index in [0.29, 0.717) is 39.5 Å². The van der Waals surface area contributed by atoms with Gasteiger partial charge in [0, 0.05) is 32.5 Å². The van der Waals surface area contributed by atoms with Crippen LogP contribution in [0.4, 0.5) is 0 Å². The first-order valence-corrected chi connectivity index (χ1v) is 15.9. The SMILES string of the molecule is CCCN(CC=O)CC(=O)NCCOCCO[C@@H]1OC(C)[C@H](C)C(O)C1O.CNCCOCCOC1CCC(O)[C@H](C)O1.CO. The maximum atomic E-state index is 11.8. The molecule has 5 unspecified atom stereocenters. The highest BCUT2D eigenvalue weighted by Crippen LogP contribution is 2.26. The molecule has 0 aromatic heterocycles. The van der Waals surface area contributed by atoms with Crippen molar-refractivity contribution in [2.45, 2.75) is 90.1 Å². The molecule has 0 aliphatic carbocycles. The molecule has 15 heteroatoms. The maximum Gasteiger partial charge on any atom is 0.234 e. The number of ether oxygens (including phenoxy) is 6. The van der Waals surface area contributed by atoms with E-state index in [4.69, 9.17) is 33.5 Å². The van der Waals surface area contributed by atoms with Gasteiger partial charge in [-0.25, -0.2) is 0 Å². The Morgan fingerprint density at radius 2 is 1.53 bits per heavy atom. The molecule has 268 valence electrons. The Morgan fingerprint density at radius 1 is 0.889 bits per heavy atom. The Hall–Kier alpha value is -1.34. The lowest BCUT2D eigenvalue weighted by atomic mass is 9.92. The summed E-state index contributed by atoms with van der Waals surface area (Å²) in [6.07, 6.45) is -0.587. The summed E-state index contributed by atoms with van der Waals surface area (Å²) in [5.41, 5.74) is 0. The first-order chi connectivity index (χ1) is 21.6. The van der Waals surface area contributed by atoms with Gasteiger partial charge in [0.1, 0.15) is 12.4 Å². The van der Waals surface area contributed by atoms with Crippen LogP contribution >= 0.6 is 0 Å². The average molecular weight is 656 g/mol. The molecule has 2 heterocycles. The number of hydrogen-bond donors (Lipinski definition) is 6. The number of carbonyl (C=O) groups excluding carboxylic acids is 2. The molecule has 0 spiro atoms. The second-order valence-corrected chi connectivity index (χ2v) is 10.8. The number of nitrogens with one attached hydrogen (secondary N) is 2.